The SMILES string of the molecule is O=C(Cc1csc2nc(-c3ccccc3)cn12)Nc1ccccc1Cc1ccccc1. The number of imidazole rings is 1. The number of anilines is 1. The lowest BCUT2D eigenvalue weighted by atomic mass is 10.0. The molecule has 5 heteroatoms. The summed E-state index contributed by atoms with van der Waals surface area (Å²) < 4.78 is 2.02. The predicted molar refractivity (Wildman–Crippen MR) is 127 cm³/mol. The van der Waals surface area contributed by atoms with Crippen LogP contribution in [0.15, 0.2) is 96.5 Å². The summed E-state index contributed by atoms with van der Waals surface area (Å²) in [7, 11) is 0. The monoisotopic (exact) mass is 423 g/mol. The van der Waals surface area contributed by atoms with Gasteiger partial charge >= 0.3 is 0 Å². The number of carbonyl (C=O) groups excluding carboxylic acids is 1. The van der Waals surface area contributed by atoms with E-state index in [4.69, 9.17) is 4.98 Å². The number of rotatable bonds is 6. The van der Waals surface area contributed by atoms with Gasteiger partial charge in [0.2, 0.25) is 5.91 Å². The van der Waals surface area contributed by atoms with Gasteiger partial charge in [0.1, 0.15) is 0 Å². The molecule has 3 aromatic carbocycles. The van der Waals surface area contributed by atoms with E-state index in [1.54, 1.807) is 11.3 Å². The van der Waals surface area contributed by atoms with Crippen molar-refractivity contribution in [2.45, 2.75) is 12.8 Å². The summed E-state index contributed by atoms with van der Waals surface area (Å²) in [5.41, 5.74) is 6.11. The zero-order valence-corrected chi connectivity index (χ0v) is 17.7. The number of fused-ring (bicyclic) bond motifs is 1. The summed E-state index contributed by atoms with van der Waals surface area (Å²) in [5.74, 6) is -0.0322. The summed E-state index contributed by atoms with van der Waals surface area (Å²) in [5, 5.41) is 5.11. The van der Waals surface area contributed by atoms with E-state index in [9.17, 15) is 4.79 Å². The van der Waals surface area contributed by atoms with Crippen molar-refractivity contribution in [3.8, 4) is 11.3 Å². The van der Waals surface area contributed by atoms with E-state index >= 15 is 0 Å². The van der Waals surface area contributed by atoms with Gasteiger partial charge in [0.05, 0.1) is 12.1 Å². The van der Waals surface area contributed by atoms with Crippen LogP contribution in [0, 0.1) is 0 Å². The molecule has 31 heavy (non-hydrogen) atoms. The van der Waals surface area contributed by atoms with E-state index in [0.717, 1.165) is 39.6 Å². The van der Waals surface area contributed by atoms with E-state index < -0.39 is 0 Å². The van der Waals surface area contributed by atoms with Crippen LogP contribution in [0.2, 0.25) is 0 Å². The van der Waals surface area contributed by atoms with Crippen LogP contribution in [0.5, 0.6) is 0 Å². The van der Waals surface area contributed by atoms with Crippen LogP contribution >= 0.6 is 11.3 Å². The molecule has 0 aliphatic carbocycles. The molecule has 1 N–H and O–H groups in total. The molecule has 0 radical (unpaired) electrons. The smallest absolute Gasteiger partial charge is 0.230 e. The summed E-state index contributed by atoms with van der Waals surface area (Å²) in [6.07, 6.45) is 3.08. The maximum atomic E-state index is 12.9. The van der Waals surface area contributed by atoms with Crippen molar-refractivity contribution in [3.05, 3.63) is 113 Å². The van der Waals surface area contributed by atoms with Crippen molar-refractivity contribution in [1.29, 1.82) is 0 Å². The van der Waals surface area contributed by atoms with Crippen LogP contribution in [0.25, 0.3) is 16.2 Å². The van der Waals surface area contributed by atoms with Gasteiger partial charge in [-0.2, -0.15) is 0 Å². The van der Waals surface area contributed by atoms with E-state index in [-0.39, 0.29) is 5.91 Å². The van der Waals surface area contributed by atoms with Crippen molar-refractivity contribution >= 4 is 27.9 Å². The van der Waals surface area contributed by atoms with Crippen LogP contribution in [0.4, 0.5) is 5.69 Å². The summed E-state index contributed by atoms with van der Waals surface area (Å²) in [6.45, 7) is 0. The minimum absolute atomic E-state index is 0.0322. The third-order valence-electron chi connectivity index (χ3n) is 5.22. The number of carbonyl (C=O) groups is 1. The number of nitrogens with zero attached hydrogens (tertiary/aromatic N) is 2. The van der Waals surface area contributed by atoms with Crippen molar-refractivity contribution in [2.24, 2.45) is 0 Å². The Balaban J connectivity index is 1.33. The molecule has 0 saturated heterocycles. The number of amides is 1. The molecule has 4 nitrogen and oxygen atoms in total. The molecule has 0 aliphatic rings. The summed E-state index contributed by atoms with van der Waals surface area (Å²) in [4.78, 5) is 18.5. The van der Waals surface area contributed by atoms with Gasteiger partial charge in [0, 0.05) is 28.5 Å². The summed E-state index contributed by atoms with van der Waals surface area (Å²) in [6, 6.07) is 28.4. The number of para-hydroxylation sites is 1. The second-order valence-electron chi connectivity index (χ2n) is 7.42. The van der Waals surface area contributed by atoms with Crippen LogP contribution < -0.4 is 5.32 Å². The molecule has 2 heterocycles. The molecule has 0 unspecified atom stereocenters. The first kappa shape index (κ1) is 19.3. The predicted octanol–water partition coefficient (Wildman–Crippen LogP) is 5.83. The van der Waals surface area contributed by atoms with E-state index in [1.165, 1.54) is 5.56 Å². The van der Waals surface area contributed by atoms with Gasteiger partial charge in [-0.05, 0) is 23.6 Å². The summed E-state index contributed by atoms with van der Waals surface area (Å²) >= 11 is 1.55. The molecule has 152 valence electrons. The number of nitrogens with one attached hydrogen (secondary N) is 1. The minimum atomic E-state index is -0.0322. The maximum absolute atomic E-state index is 12.9. The molecular weight excluding hydrogens is 402 g/mol. The third-order valence-corrected chi connectivity index (χ3v) is 6.11. The molecule has 5 aromatic rings. The Morgan fingerprint density at radius 1 is 0.903 bits per heavy atom. The highest BCUT2D eigenvalue weighted by Gasteiger charge is 2.14. The van der Waals surface area contributed by atoms with Crippen LogP contribution in [-0.2, 0) is 17.6 Å². The lowest BCUT2D eigenvalue weighted by Crippen LogP contribution is -2.16. The van der Waals surface area contributed by atoms with Gasteiger partial charge in [0.25, 0.3) is 0 Å². The van der Waals surface area contributed by atoms with Gasteiger partial charge in [-0.1, -0.05) is 78.9 Å². The standard InChI is InChI=1S/C26H21N3OS/c30-25(27-23-14-8-7-13-21(23)15-19-9-3-1-4-10-19)16-22-18-31-26-28-24(17-29(22)26)20-11-5-2-6-12-20/h1-14,17-18H,15-16H2,(H,27,30). The molecule has 0 bridgehead atoms. The fourth-order valence-electron chi connectivity index (χ4n) is 3.68. The zero-order valence-electron chi connectivity index (χ0n) is 16.9. The molecule has 0 fully saturated rings. The van der Waals surface area contributed by atoms with Gasteiger partial charge < -0.3 is 5.32 Å². The molecule has 5 rings (SSSR count). The highest BCUT2D eigenvalue weighted by Crippen LogP contribution is 2.24. The fraction of sp³-hybridized carbons (Fsp3) is 0.0769. The van der Waals surface area contributed by atoms with E-state index in [2.05, 4.69) is 23.5 Å². The average molecular weight is 424 g/mol. The number of hydrogen-bond acceptors (Lipinski definition) is 3. The van der Waals surface area contributed by atoms with Crippen molar-refractivity contribution in [3.63, 3.8) is 0 Å². The maximum Gasteiger partial charge on any atom is 0.230 e. The average Bonchev–Trinajstić information content (AvgIpc) is 3.39. The highest BCUT2D eigenvalue weighted by molar-refractivity contribution is 7.15. The molecule has 2 aromatic heterocycles. The molecule has 0 saturated carbocycles. The van der Waals surface area contributed by atoms with Gasteiger partial charge in [-0.3, -0.25) is 9.20 Å². The van der Waals surface area contributed by atoms with Crippen LogP contribution in [0.1, 0.15) is 16.8 Å². The molecule has 0 atom stereocenters. The molecule has 0 aliphatic heterocycles. The van der Waals surface area contributed by atoms with Gasteiger partial charge in [-0.25, -0.2) is 4.98 Å². The van der Waals surface area contributed by atoms with Crippen LogP contribution in [-0.4, -0.2) is 15.3 Å². The molecule has 0 spiro atoms. The number of thiazole rings is 1. The van der Waals surface area contributed by atoms with Crippen molar-refractivity contribution < 1.29 is 4.79 Å². The first-order valence-corrected chi connectivity index (χ1v) is 11.1. The topological polar surface area (TPSA) is 46.4 Å². The lowest BCUT2D eigenvalue weighted by molar-refractivity contribution is -0.115. The molecular formula is C26H21N3OS. The molecule has 1 amide bonds. The van der Waals surface area contributed by atoms with E-state index in [1.807, 2.05) is 82.7 Å². The largest absolute Gasteiger partial charge is 0.325 e. The Morgan fingerprint density at radius 3 is 2.42 bits per heavy atom. The van der Waals surface area contributed by atoms with Crippen molar-refractivity contribution in [1.82, 2.24) is 9.38 Å². The Bertz CT molecular complexity index is 1320. The first-order valence-electron chi connectivity index (χ1n) is 10.2. The second kappa shape index (κ2) is 8.58. The number of aromatic nitrogens is 2. The zero-order chi connectivity index (χ0) is 21.0. The van der Waals surface area contributed by atoms with Crippen molar-refractivity contribution in [2.75, 3.05) is 5.32 Å². The minimum Gasteiger partial charge on any atom is -0.325 e. The van der Waals surface area contributed by atoms with E-state index in [0.29, 0.717) is 6.42 Å². The van der Waals surface area contributed by atoms with Gasteiger partial charge in [-0.15, -0.1) is 11.3 Å². The van der Waals surface area contributed by atoms with Gasteiger partial charge in [0.15, 0.2) is 4.96 Å². The normalized spacial score (nSPS) is 11.0. The Kier molecular flexibility index (Phi) is 5.33. The Hall–Kier alpha value is -3.70. The highest BCUT2D eigenvalue weighted by atomic mass is 32.1. The second-order valence-corrected chi connectivity index (χ2v) is 8.25. The Labute approximate surface area is 184 Å². The quantitative estimate of drug-likeness (QED) is 0.373. The lowest BCUT2D eigenvalue weighted by Gasteiger charge is -2.11. The number of hydrogen-bond donors (Lipinski definition) is 1. The van der Waals surface area contributed by atoms with Crippen LogP contribution in [0.3, 0.4) is 0 Å². The fourth-order valence-corrected chi connectivity index (χ4v) is 4.55. The third kappa shape index (κ3) is 4.27. The number of benzene rings is 3. The first-order chi connectivity index (χ1) is 15.3. The Morgan fingerprint density at radius 2 is 1.61 bits per heavy atom.